The van der Waals surface area contributed by atoms with Crippen LogP contribution in [0, 0.1) is 6.92 Å². The number of ether oxygens (including phenoxy) is 3. The van der Waals surface area contributed by atoms with E-state index in [0.717, 1.165) is 11.1 Å². The normalized spacial score (nSPS) is 20.8. The molecule has 6 nitrogen and oxygen atoms in total. The van der Waals surface area contributed by atoms with Gasteiger partial charge in [0.05, 0.1) is 0 Å². The largest absolute Gasteiger partial charge is 0.444 e. The quantitative estimate of drug-likeness (QED) is 0.895. The monoisotopic (exact) mass is 336 g/mol. The highest BCUT2D eigenvalue weighted by molar-refractivity contribution is 5.67. The molecule has 0 aromatic heterocycles. The summed E-state index contributed by atoms with van der Waals surface area (Å²) in [4.78, 5) is 13.9. The van der Waals surface area contributed by atoms with Crippen molar-refractivity contribution in [3.63, 3.8) is 0 Å². The van der Waals surface area contributed by atoms with Crippen LogP contribution >= 0.6 is 0 Å². The molecule has 0 saturated heterocycles. The fraction of sp³-hybridized carbons (Fsp3) is 0.611. The maximum absolute atomic E-state index is 11.8. The molecule has 0 radical (unpaired) electrons. The maximum Gasteiger partial charge on any atom is 0.407 e. The van der Waals surface area contributed by atoms with E-state index in [2.05, 4.69) is 35.3 Å². The van der Waals surface area contributed by atoms with Gasteiger partial charge < -0.3 is 19.5 Å². The summed E-state index contributed by atoms with van der Waals surface area (Å²) in [5, 5.41) is 2.78. The Morgan fingerprint density at radius 1 is 1.17 bits per heavy atom. The molecule has 1 amide bonds. The van der Waals surface area contributed by atoms with Crippen molar-refractivity contribution < 1.29 is 19.0 Å². The van der Waals surface area contributed by atoms with E-state index < -0.39 is 11.7 Å². The van der Waals surface area contributed by atoms with Gasteiger partial charge >= 0.3 is 6.09 Å². The van der Waals surface area contributed by atoms with Crippen molar-refractivity contribution in [2.24, 2.45) is 0 Å². The lowest BCUT2D eigenvalue weighted by molar-refractivity contribution is -0.116. The molecule has 1 aromatic carbocycles. The van der Waals surface area contributed by atoms with Crippen LogP contribution in [0.15, 0.2) is 18.2 Å². The third-order valence-electron chi connectivity index (χ3n) is 3.86. The third kappa shape index (κ3) is 4.26. The number of hydrogen-bond donors (Lipinski definition) is 1. The smallest absolute Gasteiger partial charge is 0.407 e. The van der Waals surface area contributed by atoms with Crippen LogP contribution in [0.2, 0.25) is 0 Å². The molecule has 0 aliphatic carbocycles. The standard InChI is InChI=1S/C18H28N2O4/c1-12-7-8-13-14(11-12)16(23-6)20(15(13)22-5)10-9-19-17(21)24-18(2,3)4/h7-8,11,15-16H,9-10H2,1-6H3,(H,19,21). The Labute approximate surface area is 144 Å². The number of hydrogen-bond acceptors (Lipinski definition) is 5. The van der Waals surface area contributed by atoms with Gasteiger partial charge in [-0.1, -0.05) is 23.8 Å². The molecule has 2 rings (SSSR count). The highest BCUT2D eigenvalue weighted by Gasteiger charge is 2.38. The van der Waals surface area contributed by atoms with Crippen LogP contribution in [-0.4, -0.2) is 43.9 Å². The number of carbonyl (C=O) groups is 1. The molecule has 2 unspecified atom stereocenters. The first-order valence-corrected chi connectivity index (χ1v) is 8.15. The van der Waals surface area contributed by atoms with Gasteiger partial charge in [0.25, 0.3) is 0 Å². The Balaban J connectivity index is 2.03. The fourth-order valence-corrected chi connectivity index (χ4v) is 2.97. The van der Waals surface area contributed by atoms with Gasteiger partial charge in [0, 0.05) is 38.4 Å². The first kappa shape index (κ1) is 18.7. The molecule has 1 aliphatic heterocycles. The number of aryl methyl sites for hydroxylation is 1. The third-order valence-corrected chi connectivity index (χ3v) is 3.86. The van der Waals surface area contributed by atoms with Gasteiger partial charge in [-0.05, 0) is 27.7 Å². The lowest BCUT2D eigenvalue weighted by atomic mass is 10.1. The molecular formula is C18H28N2O4. The van der Waals surface area contributed by atoms with Crippen LogP contribution in [0.25, 0.3) is 0 Å². The van der Waals surface area contributed by atoms with Gasteiger partial charge in [-0.25, -0.2) is 9.69 Å². The molecule has 0 saturated carbocycles. The molecule has 2 atom stereocenters. The lowest BCUT2D eigenvalue weighted by Gasteiger charge is -2.28. The Kier molecular flexibility index (Phi) is 5.85. The van der Waals surface area contributed by atoms with E-state index in [1.807, 2.05) is 20.8 Å². The Morgan fingerprint density at radius 3 is 2.38 bits per heavy atom. The molecule has 134 valence electrons. The first-order chi connectivity index (χ1) is 11.3. The summed E-state index contributed by atoms with van der Waals surface area (Å²) < 4.78 is 16.6. The number of nitrogens with one attached hydrogen (secondary N) is 1. The number of carbonyl (C=O) groups excluding carboxylic acids is 1. The Morgan fingerprint density at radius 2 is 1.79 bits per heavy atom. The molecule has 1 aliphatic rings. The van der Waals surface area contributed by atoms with Gasteiger partial charge in [0.2, 0.25) is 0 Å². The number of benzene rings is 1. The molecule has 0 spiro atoms. The van der Waals surface area contributed by atoms with Crippen molar-refractivity contribution in [1.82, 2.24) is 10.2 Å². The van der Waals surface area contributed by atoms with Gasteiger partial charge in [-0.2, -0.15) is 0 Å². The Bertz CT molecular complexity index is 583. The van der Waals surface area contributed by atoms with Crippen molar-refractivity contribution in [2.45, 2.75) is 45.8 Å². The summed E-state index contributed by atoms with van der Waals surface area (Å²) in [5.41, 5.74) is 2.89. The molecule has 6 heteroatoms. The first-order valence-electron chi connectivity index (χ1n) is 8.15. The number of rotatable bonds is 5. The minimum atomic E-state index is -0.504. The molecule has 24 heavy (non-hydrogen) atoms. The molecule has 0 fully saturated rings. The molecular weight excluding hydrogens is 308 g/mol. The predicted octanol–water partition coefficient (Wildman–Crippen LogP) is 3.13. The van der Waals surface area contributed by atoms with Crippen LogP contribution in [0.1, 0.15) is 49.9 Å². The van der Waals surface area contributed by atoms with Crippen molar-refractivity contribution in [2.75, 3.05) is 27.3 Å². The molecule has 1 heterocycles. The number of nitrogens with zero attached hydrogens (tertiary/aromatic N) is 1. The zero-order valence-electron chi connectivity index (χ0n) is 15.4. The van der Waals surface area contributed by atoms with E-state index in [1.165, 1.54) is 5.56 Å². The van der Waals surface area contributed by atoms with E-state index in [0.29, 0.717) is 13.1 Å². The highest BCUT2D eigenvalue weighted by Crippen LogP contribution is 2.42. The van der Waals surface area contributed by atoms with E-state index in [1.54, 1.807) is 14.2 Å². The summed E-state index contributed by atoms with van der Waals surface area (Å²) >= 11 is 0. The van der Waals surface area contributed by atoms with Crippen LogP contribution in [0.5, 0.6) is 0 Å². The number of amides is 1. The molecule has 1 aromatic rings. The average Bonchev–Trinajstić information content (AvgIpc) is 2.77. The highest BCUT2D eigenvalue weighted by atomic mass is 16.6. The van der Waals surface area contributed by atoms with Crippen molar-refractivity contribution in [3.8, 4) is 0 Å². The fourth-order valence-electron chi connectivity index (χ4n) is 2.97. The van der Waals surface area contributed by atoms with Crippen LogP contribution in [-0.2, 0) is 14.2 Å². The average molecular weight is 336 g/mol. The second-order valence-corrected chi connectivity index (χ2v) is 6.97. The second kappa shape index (κ2) is 7.51. The van der Waals surface area contributed by atoms with Crippen LogP contribution in [0.4, 0.5) is 4.79 Å². The van der Waals surface area contributed by atoms with Crippen molar-refractivity contribution >= 4 is 6.09 Å². The summed E-state index contributed by atoms with van der Waals surface area (Å²) in [5.74, 6) is 0. The minimum Gasteiger partial charge on any atom is -0.444 e. The number of fused-ring (bicyclic) bond motifs is 1. The SMILES string of the molecule is COC1c2ccc(C)cc2C(OC)N1CCNC(=O)OC(C)(C)C. The molecule has 0 bridgehead atoms. The van der Waals surface area contributed by atoms with E-state index in [4.69, 9.17) is 14.2 Å². The summed E-state index contributed by atoms with van der Waals surface area (Å²) in [6.07, 6.45) is -0.797. The van der Waals surface area contributed by atoms with Gasteiger partial charge in [-0.15, -0.1) is 0 Å². The summed E-state index contributed by atoms with van der Waals surface area (Å²) in [7, 11) is 3.36. The second-order valence-electron chi connectivity index (χ2n) is 6.97. The molecule has 1 N–H and O–H groups in total. The Hall–Kier alpha value is -1.63. The number of methoxy groups -OCH3 is 2. The number of alkyl carbamates (subject to hydrolysis) is 1. The van der Waals surface area contributed by atoms with Crippen LogP contribution in [0.3, 0.4) is 0 Å². The summed E-state index contributed by atoms with van der Waals surface area (Å²) in [6.45, 7) is 8.61. The van der Waals surface area contributed by atoms with Gasteiger partial charge in [0.1, 0.15) is 18.1 Å². The summed E-state index contributed by atoms with van der Waals surface area (Å²) in [6, 6.07) is 6.27. The maximum atomic E-state index is 11.8. The zero-order chi connectivity index (χ0) is 17.9. The minimum absolute atomic E-state index is 0.189. The van der Waals surface area contributed by atoms with Crippen LogP contribution < -0.4 is 5.32 Å². The van der Waals surface area contributed by atoms with Gasteiger partial charge in [0.15, 0.2) is 0 Å². The van der Waals surface area contributed by atoms with Gasteiger partial charge in [-0.3, -0.25) is 0 Å². The lowest BCUT2D eigenvalue weighted by Crippen LogP contribution is -2.39. The van der Waals surface area contributed by atoms with E-state index in [-0.39, 0.29) is 12.5 Å². The van der Waals surface area contributed by atoms with Crippen molar-refractivity contribution in [1.29, 1.82) is 0 Å². The van der Waals surface area contributed by atoms with E-state index in [9.17, 15) is 4.79 Å². The topological polar surface area (TPSA) is 60.0 Å². The van der Waals surface area contributed by atoms with Crippen molar-refractivity contribution in [3.05, 3.63) is 34.9 Å². The van der Waals surface area contributed by atoms with E-state index >= 15 is 0 Å². The predicted molar refractivity (Wildman–Crippen MR) is 91.6 cm³/mol. The zero-order valence-corrected chi connectivity index (χ0v) is 15.4.